The summed E-state index contributed by atoms with van der Waals surface area (Å²) in [4.78, 5) is 0. The Kier molecular flexibility index (Phi) is 1.97. The van der Waals surface area contributed by atoms with E-state index >= 15 is 0 Å². The van der Waals surface area contributed by atoms with Crippen molar-refractivity contribution >= 4 is 11.8 Å². The Hall–Kier alpha value is 0.270. The summed E-state index contributed by atoms with van der Waals surface area (Å²) in [6.07, 6.45) is 1.21. The van der Waals surface area contributed by atoms with Crippen LogP contribution in [0.5, 0.6) is 0 Å². The Labute approximate surface area is 48.0 Å². The normalized spacial score (nSPS) is 31.3. The first-order chi connectivity index (χ1) is 3.43. The first-order valence-corrected chi connectivity index (χ1v) is 3.58. The molecule has 0 saturated carbocycles. The van der Waals surface area contributed by atoms with Crippen molar-refractivity contribution in [1.29, 1.82) is 0 Å². The van der Waals surface area contributed by atoms with Crippen molar-refractivity contribution in [3.63, 3.8) is 0 Å². The van der Waals surface area contributed by atoms with E-state index in [1.54, 1.807) is 0 Å². The van der Waals surface area contributed by atoms with Crippen molar-refractivity contribution in [3.05, 3.63) is 0 Å². The van der Waals surface area contributed by atoms with Crippen LogP contribution in [0.3, 0.4) is 0 Å². The highest BCUT2D eigenvalue weighted by Gasteiger charge is 2.09. The summed E-state index contributed by atoms with van der Waals surface area (Å²) in [7, 11) is 0. The number of hydrogen-bond acceptors (Lipinski definition) is 3. The fraction of sp³-hybridized carbons (Fsp3) is 1.00. The molecule has 0 aromatic rings. The molecule has 0 amide bonds. The molecule has 0 aromatic carbocycles. The molecule has 1 atom stereocenters. The van der Waals surface area contributed by atoms with Gasteiger partial charge in [0.05, 0.1) is 11.3 Å². The van der Waals surface area contributed by atoms with E-state index in [0.29, 0.717) is 5.37 Å². The maximum atomic E-state index is 3.12. The zero-order valence-electron chi connectivity index (χ0n) is 4.40. The molecule has 1 saturated heterocycles. The van der Waals surface area contributed by atoms with Crippen molar-refractivity contribution in [2.24, 2.45) is 0 Å². The summed E-state index contributed by atoms with van der Waals surface area (Å²) >= 11 is 1.92. The van der Waals surface area contributed by atoms with E-state index in [0.717, 1.165) is 5.88 Å². The lowest BCUT2D eigenvalue weighted by Gasteiger charge is -2.00. The summed E-state index contributed by atoms with van der Waals surface area (Å²) in [6, 6.07) is 0. The second-order valence-electron chi connectivity index (χ2n) is 1.53. The van der Waals surface area contributed by atoms with E-state index < -0.39 is 0 Å². The molecular weight excluding hydrogens is 108 g/mol. The Bertz CT molecular complexity index is 51.7. The number of hydrogen-bond donors (Lipinski definition) is 2. The molecule has 0 aromatic heterocycles. The summed E-state index contributed by atoms with van der Waals surface area (Å²) in [5.41, 5.74) is 6.16. The van der Waals surface area contributed by atoms with Crippen LogP contribution in [-0.2, 0) is 0 Å². The van der Waals surface area contributed by atoms with Crippen LogP contribution in [-0.4, -0.2) is 11.3 Å². The second kappa shape index (κ2) is 2.55. The Morgan fingerprint density at radius 3 is 3.00 bits per heavy atom. The molecule has 0 bridgehead atoms. The molecule has 1 aliphatic heterocycles. The monoisotopic (exact) mass is 118 g/mol. The molecule has 1 rings (SSSR count). The molecule has 1 fully saturated rings. The minimum atomic E-state index is 0.653. The number of nitrogens with one attached hydrogen (secondary N) is 2. The van der Waals surface area contributed by atoms with Crippen molar-refractivity contribution in [1.82, 2.24) is 10.9 Å². The van der Waals surface area contributed by atoms with Gasteiger partial charge in [-0.05, 0) is 6.42 Å². The lowest BCUT2D eigenvalue weighted by molar-refractivity contribution is 0.581. The van der Waals surface area contributed by atoms with Crippen molar-refractivity contribution in [3.8, 4) is 0 Å². The van der Waals surface area contributed by atoms with Gasteiger partial charge in [0.1, 0.15) is 0 Å². The fourth-order valence-corrected chi connectivity index (χ4v) is 1.33. The first kappa shape index (κ1) is 5.41. The van der Waals surface area contributed by atoms with Gasteiger partial charge in [-0.1, -0.05) is 6.92 Å². The molecule has 3 heteroatoms. The van der Waals surface area contributed by atoms with Gasteiger partial charge in [0, 0.05) is 0 Å². The molecule has 0 radical (unpaired) electrons. The van der Waals surface area contributed by atoms with E-state index in [2.05, 4.69) is 17.8 Å². The average Bonchev–Trinajstić information content (AvgIpc) is 2.14. The molecule has 42 valence electrons. The van der Waals surface area contributed by atoms with Crippen molar-refractivity contribution < 1.29 is 0 Å². The maximum absolute atomic E-state index is 3.12. The van der Waals surface area contributed by atoms with Gasteiger partial charge in [-0.25, -0.2) is 10.9 Å². The van der Waals surface area contributed by atoms with Gasteiger partial charge in [0.2, 0.25) is 0 Å². The first-order valence-electron chi connectivity index (χ1n) is 2.53. The van der Waals surface area contributed by atoms with E-state index in [1.165, 1.54) is 6.42 Å². The predicted octanol–water partition coefficient (Wildman–Crippen LogP) is 0.521. The smallest absolute Gasteiger partial charge is 0.0677 e. The Morgan fingerprint density at radius 1 is 1.86 bits per heavy atom. The molecular formula is C4H10N2S. The highest BCUT2D eigenvalue weighted by molar-refractivity contribution is 8.00. The van der Waals surface area contributed by atoms with Crippen LogP contribution in [0.2, 0.25) is 0 Å². The largest absolute Gasteiger partial charge is 0.247 e. The molecule has 2 N–H and O–H groups in total. The second-order valence-corrected chi connectivity index (χ2v) is 2.72. The van der Waals surface area contributed by atoms with Crippen LogP contribution < -0.4 is 10.9 Å². The number of rotatable bonds is 1. The third-order valence-electron chi connectivity index (χ3n) is 0.991. The molecule has 7 heavy (non-hydrogen) atoms. The number of hydrazine groups is 1. The van der Waals surface area contributed by atoms with E-state index in [4.69, 9.17) is 0 Å². The van der Waals surface area contributed by atoms with Crippen LogP contribution >= 0.6 is 11.8 Å². The number of thioether (sulfide) groups is 1. The van der Waals surface area contributed by atoms with Crippen molar-refractivity contribution in [2.45, 2.75) is 18.7 Å². The summed E-state index contributed by atoms with van der Waals surface area (Å²) in [5.74, 6) is 1.05. The van der Waals surface area contributed by atoms with Crippen molar-refractivity contribution in [2.75, 3.05) is 5.88 Å². The molecule has 0 aliphatic carbocycles. The van der Waals surface area contributed by atoms with Gasteiger partial charge in [-0.3, -0.25) is 0 Å². The van der Waals surface area contributed by atoms with Crippen LogP contribution in [0.1, 0.15) is 13.3 Å². The van der Waals surface area contributed by atoms with Gasteiger partial charge in [0.25, 0.3) is 0 Å². The molecule has 1 heterocycles. The highest BCUT2D eigenvalue weighted by atomic mass is 32.2. The summed E-state index contributed by atoms with van der Waals surface area (Å²) in [5, 5.41) is 0.653. The quantitative estimate of drug-likeness (QED) is 0.525. The van der Waals surface area contributed by atoms with Gasteiger partial charge in [0.15, 0.2) is 0 Å². The molecule has 2 nitrogen and oxygen atoms in total. The SMILES string of the molecule is CCC1NNCS1. The lowest BCUT2D eigenvalue weighted by Crippen LogP contribution is -2.28. The van der Waals surface area contributed by atoms with Crippen LogP contribution in [0.25, 0.3) is 0 Å². The van der Waals surface area contributed by atoms with Gasteiger partial charge in [-0.2, -0.15) is 0 Å². The average molecular weight is 118 g/mol. The molecule has 0 spiro atoms. The summed E-state index contributed by atoms with van der Waals surface area (Å²) < 4.78 is 0. The van der Waals surface area contributed by atoms with Gasteiger partial charge >= 0.3 is 0 Å². The molecule has 1 aliphatic rings. The Balaban J connectivity index is 2.14. The molecule has 1 unspecified atom stereocenters. The van der Waals surface area contributed by atoms with Gasteiger partial charge in [-0.15, -0.1) is 11.8 Å². The van der Waals surface area contributed by atoms with E-state index in [9.17, 15) is 0 Å². The van der Waals surface area contributed by atoms with Crippen LogP contribution in [0.15, 0.2) is 0 Å². The zero-order chi connectivity index (χ0) is 5.11. The van der Waals surface area contributed by atoms with Crippen LogP contribution in [0.4, 0.5) is 0 Å². The lowest BCUT2D eigenvalue weighted by atomic mass is 10.5. The third kappa shape index (κ3) is 1.33. The van der Waals surface area contributed by atoms with E-state index in [-0.39, 0.29) is 0 Å². The summed E-state index contributed by atoms with van der Waals surface area (Å²) in [6.45, 7) is 2.18. The van der Waals surface area contributed by atoms with Crippen LogP contribution in [0, 0.1) is 0 Å². The minimum absolute atomic E-state index is 0.653. The Morgan fingerprint density at radius 2 is 2.71 bits per heavy atom. The predicted molar refractivity (Wildman–Crippen MR) is 32.8 cm³/mol. The third-order valence-corrected chi connectivity index (χ3v) is 2.16. The standard InChI is InChI=1S/C4H10N2S/c1-2-4-6-5-3-7-4/h4-6H,2-3H2,1H3. The zero-order valence-corrected chi connectivity index (χ0v) is 5.22. The van der Waals surface area contributed by atoms with E-state index in [1.807, 2.05) is 11.8 Å². The topological polar surface area (TPSA) is 24.1 Å². The van der Waals surface area contributed by atoms with Gasteiger partial charge < -0.3 is 0 Å². The minimum Gasteiger partial charge on any atom is -0.247 e. The highest BCUT2D eigenvalue weighted by Crippen LogP contribution is 2.12. The maximum Gasteiger partial charge on any atom is 0.0677 e. The fourth-order valence-electron chi connectivity index (χ4n) is 0.559.